The highest BCUT2D eigenvalue weighted by atomic mass is 32.2. The molecule has 3 aliphatic rings. The lowest BCUT2D eigenvalue weighted by molar-refractivity contribution is -0.152. The monoisotopic (exact) mass is 534 g/mol. The summed E-state index contributed by atoms with van der Waals surface area (Å²) in [6.45, 7) is 2.02. The average molecular weight is 535 g/mol. The third-order valence-electron chi connectivity index (χ3n) is 6.49. The number of carbonyl (C=O) groups is 3. The highest BCUT2D eigenvalue weighted by Crippen LogP contribution is 2.40. The van der Waals surface area contributed by atoms with Crippen LogP contribution in [-0.2, 0) is 19.1 Å². The minimum Gasteiger partial charge on any atom is -0.451 e. The van der Waals surface area contributed by atoms with Gasteiger partial charge in [0.05, 0.1) is 37.6 Å². The fourth-order valence-corrected chi connectivity index (χ4v) is 5.17. The van der Waals surface area contributed by atoms with E-state index in [-0.39, 0.29) is 30.0 Å². The number of nitrogens with two attached hydrogens (primary N) is 1. The van der Waals surface area contributed by atoms with Crippen LogP contribution in [0.2, 0.25) is 0 Å². The van der Waals surface area contributed by atoms with E-state index in [4.69, 9.17) is 19.6 Å². The van der Waals surface area contributed by atoms with Crippen molar-refractivity contribution in [2.45, 2.75) is 30.0 Å². The van der Waals surface area contributed by atoms with Crippen molar-refractivity contribution in [2.75, 3.05) is 26.3 Å². The minimum absolute atomic E-state index is 0.0156. The van der Waals surface area contributed by atoms with Gasteiger partial charge in [-0.05, 0) is 36.6 Å². The molecule has 2 saturated heterocycles. The Labute approximate surface area is 214 Å². The van der Waals surface area contributed by atoms with Crippen LogP contribution in [0.5, 0.6) is 0 Å². The molecular formula is C24H24F2N4O6S. The summed E-state index contributed by atoms with van der Waals surface area (Å²) in [5, 5.41) is 7.04. The smallest absolute Gasteiger partial charge is 0.287 e. The van der Waals surface area contributed by atoms with Crippen LogP contribution < -0.4 is 16.4 Å². The first kappa shape index (κ1) is 25.2. The van der Waals surface area contributed by atoms with Crippen molar-refractivity contribution >= 4 is 29.5 Å². The molecule has 3 amide bonds. The summed E-state index contributed by atoms with van der Waals surface area (Å²) in [5.74, 6) is -4.49. The maximum absolute atomic E-state index is 14.0. The van der Waals surface area contributed by atoms with Crippen molar-refractivity contribution in [3.8, 4) is 11.3 Å². The number of nitrogens with one attached hydrogen (secondary N) is 2. The topological polar surface area (TPSA) is 136 Å². The van der Waals surface area contributed by atoms with Crippen molar-refractivity contribution in [3.63, 3.8) is 0 Å². The number of amides is 3. The second-order valence-corrected chi connectivity index (χ2v) is 10.3. The fourth-order valence-electron chi connectivity index (χ4n) is 4.40. The first-order valence-electron chi connectivity index (χ1n) is 11.5. The van der Waals surface area contributed by atoms with Gasteiger partial charge in [0.25, 0.3) is 5.91 Å². The highest BCUT2D eigenvalue weighted by Gasteiger charge is 2.53. The summed E-state index contributed by atoms with van der Waals surface area (Å²) in [4.78, 5) is 39.4. The number of halogens is 2. The Bertz CT molecular complexity index is 1290. The Morgan fingerprint density at radius 2 is 1.95 bits per heavy atom. The lowest BCUT2D eigenvalue weighted by atomic mass is 10.1. The molecule has 0 radical (unpaired) electrons. The molecule has 4 N–H and O–H groups in total. The van der Waals surface area contributed by atoms with Crippen molar-refractivity contribution in [2.24, 2.45) is 5.73 Å². The Morgan fingerprint density at radius 3 is 2.59 bits per heavy atom. The van der Waals surface area contributed by atoms with Crippen LogP contribution in [0, 0.1) is 11.6 Å². The van der Waals surface area contributed by atoms with E-state index in [0.29, 0.717) is 25.0 Å². The molecule has 1 spiro atoms. The standard InChI is InChI=1S/C24H24F2N4O6S/c1-23(19(27)11-37-23)29-21(32)16-9-24(34-6-7-35-24)12-30(16)20(31)10-28-22(33)18-5-4-17(36-18)14-3-2-13(25)8-15(14)26/h2-5,8,11,16H,6-7,9-10,12,27H2,1H3,(H,28,33)(H,29,32)/t16-,23?/m0/s1. The molecule has 2 atom stereocenters. The number of carbonyl (C=O) groups excluding carboxylic acids is 3. The van der Waals surface area contributed by atoms with Crippen molar-refractivity contribution < 1.29 is 37.1 Å². The van der Waals surface area contributed by atoms with Crippen molar-refractivity contribution in [1.82, 2.24) is 15.5 Å². The van der Waals surface area contributed by atoms with Gasteiger partial charge in [0.15, 0.2) is 11.5 Å². The Balaban J connectivity index is 1.25. The molecule has 0 bridgehead atoms. The van der Waals surface area contributed by atoms with Gasteiger partial charge in [-0.1, -0.05) is 11.8 Å². The minimum atomic E-state index is -1.09. The number of rotatable bonds is 6. The third-order valence-corrected chi connectivity index (χ3v) is 7.67. The summed E-state index contributed by atoms with van der Waals surface area (Å²) < 4.78 is 44.0. The summed E-state index contributed by atoms with van der Waals surface area (Å²) in [7, 11) is 0. The molecule has 10 nitrogen and oxygen atoms in total. The molecule has 2 aromatic rings. The number of hydrogen-bond acceptors (Lipinski definition) is 8. The Morgan fingerprint density at radius 1 is 1.19 bits per heavy atom. The predicted molar refractivity (Wildman–Crippen MR) is 128 cm³/mol. The normalized spacial score (nSPS) is 24.0. The quantitative estimate of drug-likeness (QED) is 0.509. The number of ether oxygens (including phenoxy) is 2. The van der Waals surface area contributed by atoms with E-state index in [1.807, 2.05) is 0 Å². The molecule has 196 valence electrons. The van der Waals surface area contributed by atoms with Gasteiger partial charge in [-0.25, -0.2) is 8.78 Å². The molecule has 1 unspecified atom stereocenters. The van der Waals surface area contributed by atoms with Gasteiger partial charge in [0.1, 0.15) is 28.3 Å². The number of furan rings is 1. The number of hydrogen-bond donors (Lipinski definition) is 3. The number of benzene rings is 1. The molecule has 13 heteroatoms. The van der Waals surface area contributed by atoms with Crippen molar-refractivity contribution in [1.29, 1.82) is 0 Å². The average Bonchev–Trinajstić information content (AvgIpc) is 3.62. The molecule has 0 aliphatic carbocycles. The second-order valence-electron chi connectivity index (χ2n) is 9.03. The summed E-state index contributed by atoms with van der Waals surface area (Å²) >= 11 is 1.36. The summed E-state index contributed by atoms with van der Waals surface area (Å²) in [6.07, 6.45) is 0.133. The molecule has 5 rings (SSSR count). The fraction of sp³-hybridized carbons (Fsp3) is 0.375. The van der Waals surface area contributed by atoms with Gasteiger partial charge < -0.3 is 35.2 Å². The van der Waals surface area contributed by atoms with Crippen LogP contribution in [0.15, 0.2) is 45.9 Å². The van der Waals surface area contributed by atoms with Gasteiger partial charge >= 0.3 is 0 Å². The van der Waals surface area contributed by atoms with Gasteiger partial charge in [0.2, 0.25) is 11.8 Å². The largest absolute Gasteiger partial charge is 0.451 e. The van der Waals surface area contributed by atoms with Crippen LogP contribution in [0.25, 0.3) is 11.3 Å². The number of nitrogens with zero attached hydrogens (tertiary/aromatic N) is 1. The van der Waals surface area contributed by atoms with Crippen LogP contribution in [0.4, 0.5) is 8.78 Å². The molecule has 1 aromatic heterocycles. The molecule has 37 heavy (non-hydrogen) atoms. The second kappa shape index (κ2) is 9.47. The SMILES string of the molecule is CC1(NC(=O)[C@@H]2CC3(CN2C(=O)CNC(=O)c2ccc(-c4ccc(F)cc4F)o2)OCCO3)SC=C1N. The zero-order valence-electron chi connectivity index (χ0n) is 19.7. The van der Waals surface area contributed by atoms with Crippen LogP contribution >= 0.6 is 11.8 Å². The molecule has 0 saturated carbocycles. The number of thioether (sulfide) groups is 1. The van der Waals surface area contributed by atoms with E-state index in [1.54, 1.807) is 12.3 Å². The van der Waals surface area contributed by atoms with E-state index in [1.165, 1.54) is 34.9 Å². The summed E-state index contributed by atoms with van der Waals surface area (Å²) in [6, 6.07) is 4.76. The Kier molecular flexibility index (Phi) is 6.46. The Hall–Kier alpha value is -3.42. The van der Waals surface area contributed by atoms with Crippen LogP contribution in [0.1, 0.15) is 23.9 Å². The van der Waals surface area contributed by atoms with Gasteiger partial charge in [0, 0.05) is 12.5 Å². The lowest BCUT2D eigenvalue weighted by Crippen LogP contribution is -2.56. The third kappa shape index (κ3) is 4.81. The molecule has 1 aromatic carbocycles. The van der Waals surface area contributed by atoms with Crippen LogP contribution in [-0.4, -0.2) is 65.6 Å². The number of likely N-dealkylation sites (tertiary alicyclic amines) is 1. The van der Waals surface area contributed by atoms with E-state index >= 15 is 0 Å². The van der Waals surface area contributed by atoms with Gasteiger partial charge in [-0.3, -0.25) is 14.4 Å². The predicted octanol–water partition coefficient (Wildman–Crippen LogP) is 1.68. The highest BCUT2D eigenvalue weighted by molar-refractivity contribution is 8.05. The first-order chi connectivity index (χ1) is 17.6. The first-order valence-corrected chi connectivity index (χ1v) is 12.3. The van der Waals surface area contributed by atoms with E-state index in [2.05, 4.69) is 10.6 Å². The van der Waals surface area contributed by atoms with E-state index in [9.17, 15) is 23.2 Å². The van der Waals surface area contributed by atoms with E-state index < -0.39 is 52.6 Å². The lowest BCUT2D eigenvalue weighted by Gasteiger charge is -2.37. The summed E-state index contributed by atoms with van der Waals surface area (Å²) in [5.41, 5.74) is 6.40. The van der Waals surface area contributed by atoms with Crippen LogP contribution in [0.3, 0.4) is 0 Å². The maximum atomic E-state index is 14.0. The van der Waals surface area contributed by atoms with E-state index in [0.717, 1.165) is 6.07 Å². The zero-order valence-corrected chi connectivity index (χ0v) is 20.5. The van der Waals surface area contributed by atoms with Gasteiger partial charge in [-0.2, -0.15) is 0 Å². The zero-order chi connectivity index (χ0) is 26.4. The molecular weight excluding hydrogens is 510 g/mol. The molecule has 2 fully saturated rings. The van der Waals surface area contributed by atoms with Crippen molar-refractivity contribution in [3.05, 3.63) is 58.8 Å². The molecule has 4 heterocycles. The maximum Gasteiger partial charge on any atom is 0.287 e. The molecule has 3 aliphatic heterocycles. The van der Waals surface area contributed by atoms with Gasteiger partial charge in [-0.15, -0.1) is 0 Å².